The second kappa shape index (κ2) is 5.57. The standard InChI is InChI=1S/C20H28O2/c1-8-22-18(21)14-9-13-10-15(19(2,3)4)12-17(16(13)11-14)20(5,6)7/h10-12H,8-9H2,1-7H3. The van der Waals surface area contributed by atoms with E-state index in [9.17, 15) is 4.79 Å². The van der Waals surface area contributed by atoms with Gasteiger partial charge < -0.3 is 4.74 Å². The lowest BCUT2D eigenvalue weighted by atomic mass is 9.77. The van der Waals surface area contributed by atoms with Crippen LogP contribution in [0.1, 0.15) is 70.7 Å². The fourth-order valence-electron chi connectivity index (χ4n) is 2.87. The van der Waals surface area contributed by atoms with Gasteiger partial charge in [-0.25, -0.2) is 4.79 Å². The third-order valence-electron chi connectivity index (χ3n) is 4.18. The highest BCUT2D eigenvalue weighted by molar-refractivity contribution is 5.97. The minimum Gasteiger partial charge on any atom is -0.463 e. The Morgan fingerprint density at radius 1 is 1.09 bits per heavy atom. The third-order valence-corrected chi connectivity index (χ3v) is 4.18. The van der Waals surface area contributed by atoms with Gasteiger partial charge in [0.2, 0.25) is 0 Å². The van der Waals surface area contributed by atoms with Crippen molar-refractivity contribution in [2.24, 2.45) is 0 Å². The Morgan fingerprint density at radius 2 is 1.73 bits per heavy atom. The number of carbonyl (C=O) groups is 1. The number of fused-ring (bicyclic) bond motifs is 1. The van der Waals surface area contributed by atoms with Gasteiger partial charge in [0.1, 0.15) is 0 Å². The molecule has 0 radical (unpaired) electrons. The SMILES string of the molecule is CCOC(=O)C1=Cc2c(cc(C(C)(C)C)cc2C(C)(C)C)C1. The Balaban J connectivity index is 2.55. The molecule has 0 atom stereocenters. The third kappa shape index (κ3) is 3.26. The average molecular weight is 300 g/mol. The lowest BCUT2D eigenvalue weighted by molar-refractivity contribution is -0.138. The van der Waals surface area contributed by atoms with Crippen LogP contribution in [-0.2, 0) is 26.8 Å². The summed E-state index contributed by atoms with van der Waals surface area (Å²) in [5, 5.41) is 0. The van der Waals surface area contributed by atoms with E-state index in [4.69, 9.17) is 4.74 Å². The van der Waals surface area contributed by atoms with Gasteiger partial charge in [0.25, 0.3) is 0 Å². The van der Waals surface area contributed by atoms with E-state index in [1.54, 1.807) is 0 Å². The summed E-state index contributed by atoms with van der Waals surface area (Å²) in [6, 6.07) is 4.57. The van der Waals surface area contributed by atoms with Crippen LogP contribution >= 0.6 is 0 Å². The fraction of sp³-hybridized carbons (Fsp3) is 0.550. The maximum atomic E-state index is 12.1. The summed E-state index contributed by atoms with van der Waals surface area (Å²) in [6.07, 6.45) is 2.71. The topological polar surface area (TPSA) is 26.3 Å². The van der Waals surface area contributed by atoms with Crippen molar-refractivity contribution in [3.63, 3.8) is 0 Å². The molecule has 2 rings (SSSR count). The molecule has 0 fully saturated rings. The minimum absolute atomic E-state index is 0.0476. The first-order valence-corrected chi connectivity index (χ1v) is 8.09. The van der Waals surface area contributed by atoms with E-state index in [0.29, 0.717) is 13.0 Å². The lowest BCUT2D eigenvalue weighted by Crippen LogP contribution is -2.18. The van der Waals surface area contributed by atoms with E-state index in [1.165, 1.54) is 22.3 Å². The zero-order valence-corrected chi connectivity index (χ0v) is 15.0. The predicted octanol–water partition coefficient (Wildman–Crippen LogP) is 4.78. The zero-order valence-electron chi connectivity index (χ0n) is 15.0. The maximum Gasteiger partial charge on any atom is 0.334 e. The molecule has 1 aromatic carbocycles. The van der Waals surface area contributed by atoms with Crippen LogP contribution in [0.25, 0.3) is 6.08 Å². The first kappa shape index (κ1) is 16.8. The van der Waals surface area contributed by atoms with Gasteiger partial charge in [-0.05, 0) is 46.1 Å². The van der Waals surface area contributed by atoms with Crippen LogP contribution in [0, 0.1) is 0 Å². The van der Waals surface area contributed by atoms with Crippen LogP contribution in [0.3, 0.4) is 0 Å². The molecule has 0 heterocycles. The normalized spacial score (nSPS) is 14.6. The molecule has 0 spiro atoms. The summed E-state index contributed by atoms with van der Waals surface area (Å²) in [5.41, 5.74) is 6.02. The largest absolute Gasteiger partial charge is 0.463 e. The molecule has 0 aromatic heterocycles. The summed E-state index contributed by atoms with van der Waals surface area (Å²) < 4.78 is 5.17. The summed E-state index contributed by atoms with van der Waals surface area (Å²) in [5.74, 6) is -0.184. The van der Waals surface area contributed by atoms with Crippen molar-refractivity contribution in [1.82, 2.24) is 0 Å². The second-order valence-corrected chi connectivity index (χ2v) is 8.16. The Labute approximate surface area is 134 Å². The molecule has 120 valence electrons. The maximum absolute atomic E-state index is 12.1. The van der Waals surface area contributed by atoms with Gasteiger partial charge in [0, 0.05) is 12.0 Å². The van der Waals surface area contributed by atoms with Crippen LogP contribution in [0.5, 0.6) is 0 Å². The van der Waals surface area contributed by atoms with Gasteiger partial charge in [-0.15, -0.1) is 0 Å². The van der Waals surface area contributed by atoms with Crippen molar-refractivity contribution in [3.05, 3.63) is 40.0 Å². The number of esters is 1. The van der Waals surface area contributed by atoms with Gasteiger partial charge in [-0.3, -0.25) is 0 Å². The summed E-state index contributed by atoms with van der Waals surface area (Å²) in [6.45, 7) is 15.6. The van der Waals surface area contributed by atoms with Gasteiger partial charge in [0.15, 0.2) is 0 Å². The van der Waals surface area contributed by atoms with Crippen LogP contribution in [0.15, 0.2) is 17.7 Å². The van der Waals surface area contributed by atoms with Gasteiger partial charge in [-0.1, -0.05) is 53.7 Å². The Hall–Kier alpha value is -1.57. The van der Waals surface area contributed by atoms with Crippen molar-refractivity contribution in [3.8, 4) is 0 Å². The lowest BCUT2D eigenvalue weighted by Gasteiger charge is -2.27. The van der Waals surface area contributed by atoms with Crippen molar-refractivity contribution in [2.75, 3.05) is 6.61 Å². The predicted molar refractivity (Wildman–Crippen MR) is 92.2 cm³/mol. The molecule has 2 nitrogen and oxygen atoms in total. The van der Waals surface area contributed by atoms with Gasteiger partial charge in [0.05, 0.1) is 6.61 Å². The molecule has 1 aliphatic carbocycles. The molecule has 0 N–H and O–H groups in total. The Kier molecular flexibility index (Phi) is 4.25. The van der Waals surface area contributed by atoms with E-state index < -0.39 is 0 Å². The monoisotopic (exact) mass is 300 g/mol. The van der Waals surface area contributed by atoms with Crippen molar-refractivity contribution < 1.29 is 9.53 Å². The first-order chi connectivity index (χ1) is 10.0. The molecular formula is C20H28O2. The quantitative estimate of drug-likeness (QED) is 0.734. The second-order valence-electron chi connectivity index (χ2n) is 8.16. The van der Waals surface area contributed by atoms with Gasteiger partial charge >= 0.3 is 5.97 Å². The van der Waals surface area contributed by atoms with E-state index in [-0.39, 0.29) is 16.8 Å². The smallest absolute Gasteiger partial charge is 0.334 e. The first-order valence-electron chi connectivity index (χ1n) is 8.09. The van der Waals surface area contributed by atoms with E-state index >= 15 is 0 Å². The van der Waals surface area contributed by atoms with Crippen LogP contribution in [0.4, 0.5) is 0 Å². The average Bonchev–Trinajstić information content (AvgIpc) is 2.79. The minimum atomic E-state index is -0.184. The number of rotatable bonds is 2. The molecule has 0 saturated carbocycles. The Bertz CT molecular complexity index is 622. The molecule has 0 unspecified atom stereocenters. The molecule has 0 saturated heterocycles. The number of hydrogen-bond acceptors (Lipinski definition) is 2. The molecule has 0 bridgehead atoms. The molecular weight excluding hydrogens is 272 g/mol. The van der Waals surface area contributed by atoms with Crippen LogP contribution < -0.4 is 0 Å². The zero-order chi connectivity index (χ0) is 16.7. The van der Waals surface area contributed by atoms with E-state index in [0.717, 1.165) is 5.57 Å². The highest BCUT2D eigenvalue weighted by Crippen LogP contribution is 2.38. The van der Waals surface area contributed by atoms with Crippen molar-refractivity contribution in [2.45, 2.75) is 65.7 Å². The molecule has 0 amide bonds. The number of benzene rings is 1. The summed E-state index contributed by atoms with van der Waals surface area (Å²) in [4.78, 5) is 12.1. The van der Waals surface area contributed by atoms with Crippen LogP contribution in [-0.4, -0.2) is 12.6 Å². The van der Waals surface area contributed by atoms with E-state index in [1.807, 2.05) is 13.0 Å². The van der Waals surface area contributed by atoms with Gasteiger partial charge in [-0.2, -0.15) is 0 Å². The molecule has 2 heteroatoms. The summed E-state index contributed by atoms with van der Waals surface area (Å²) in [7, 11) is 0. The van der Waals surface area contributed by atoms with Crippen molar-refractivity contribution >= 4 is 12.0 Å². The van der Waals surface area contributed by atoms with Crippen molar-refractivity contribution in [1.29, 1.82) is 0 Å². The fourth-order valence-corrected chi connectivity index (χ4v) is 2.87. The highest BCUT2D eigenvalue weighted by atomic mass is 16.5. The van der Waals surface area contributed by atoms with Crippen LogP contribution in [0.2, 0.25) is 0 Å². The molecule has 1 aliphatic rings. The Morgan fingerprint density at radius 3 is 2.23 bits per heavy atom. The molecule has 0 aliphatic heterocycles. The summed E-state index contributed by atoms with van der Waals surface area (Å²) >= 11 is 0. The molecule has 22 heavy (non-hydrogen) atoms. The highest BCUT2D eigenvalue weighted by Gasteiger charge is 2.28. The van der Waals surface area contributed by atoms with E-state index in [2.05, 4.69) is 53.7 Å². The number of hydrogen-bond donors (Lipinski definition) is 0. The molecule has 1 aromatic rings. The number of ether oxygens (including phenoxy) is 1. The number of carbonyl (C=O) groups excluding carboxylic acids is 1.